The lowest BCUT2D eigenvalue weighted by Gasteiger charge is -2.18. The Hall–Kier alpha value is -2.50. The van der Waals surface area contributed by atoms with Gasteiger partial charge in [-0.3, -0.25) is 14.2 Å². The van der Waals surface area contributed by atoms with Crippen molar-refractivity contribution in [2.45, 2.75) is 26.5 Å². The summed E-state index contributed by atoms with van der Waals surface area (Å²) < 4.78 is 6.32. The van der Waals surface area contributed by atoms with Gasteiger partial charge in [-0.2, -0.15) is 5.26 Å². The van der Waals surface area contributed by atoms with E-state index in [1.807, 2.05) is 6.07 Å². The Balaban J connectivity index is 2.40. The number of thiazole rings is 1. The van der Waals surface area contributed by atoms with Crippen LogP contribution in [-0.4, -0.2) is 22.6 Å². The van der Waals surface area contributed by atoms with E-state index in [4.69, 9.17) is 4.74 Å². The second-order valence-corrected chi connectivity index (χ2v) is 5.80. The van der Waals surface area contributed by atoms with Crippen molar-refractivity contribution in [3.8, 4) is 6.07 Å². The van der Waals surface area contributed by atoms with Gasteiger partial charge in [-0.25, -0.2) is 4.98 Å². The molecule has 0 spiro atoms. The normalized spacial score (nSPS) is 11.7. The van der Waals surface area contributed by atoms with Crippen LogP contribution in [0.2, 0.25) is 0 Å². The van der Waals surface area contributed by atoms with E-state index >= 15 is 0 Å². The van der Waals surface area contributed by atoms with Crippen LogP contribution in [0.5, 0.6) is 0 Å². The molecule has 0 saturated heterocycles. The third-order valence-corrected chi connectivity index (χ3v) is 4.05. The van der Waals surface area contributed by atoms with Crippen LogP contribution < -0.4 is 10.9 Å². The van der Waals surface area contributed by atoms with Gasteiger partial charge in [-0.1, -0.05) is 0 Å². The van der Waals surface area contributed by atoms with Crippen molar-refractivity contribution in [2.24, 2.45) is 0 Å². The van der Waals surface area contributed by atoms with Crippen LogP contribution in [0, 0.1) is 18.3 Å². The van der Waals surface area contributed by atoms with Gasteiger partial charge in [0.2, 0.25) is 5.91 Å². The number of carbonyl (C=O) groups is 1. The van der Waals surface area contributed by atoms with Gasteiger partial charge in [0.1, 0.15) is 17.7 Å². The van der Waals surface area contributed by atoms with Crippen molar-refractivity contribution in [1.29, 1.82) is 5.26 Å². The number of nitrogens with one attached hydrogen (secondary N) is 1. The Morgan fingerprint density at radius 1 is 1.61 bits per heavy atom. The minimum atomic E-state index is -0.768. The molecule has 1 amide bonds. The number of carbonyl (C=O) groups excluding carboxylic acids is 1. The van der Waals surface area contributed by atoms with E-state index in [-0.39, 0.29) is 18.1 Å². The monoisotopic (exact) mass is 332 g/mol. The molecule has 2 heterocycles. The predicted molar refractivity (Wildman–Crippen MR) is 86.3 cm³/mol. The van der Waals surface area contributed by atoms with Crippen LogP contribution in [0.15, 0.2) is 22.4 Å². The molecule has 0 unspecified atom stereocenters. The number of methoxy groups -OCH3 is 1. The Kier molecular flexibility index (Phi) is 5.26. The second kappa shape index (κ2) is 7.17. The summed E-state index contributed by atoms with van der Waals surface area (Å²) >= 11 is 1.29. The lowest BCUT2D eigenvalue weighted by molar-refractivity contribution is -0.118. The summed E-state index contributed by atoms with van der Waals surface area (Å²) in [5.74, 6) is -0.367. The summed E-state index contributed by atoms with van der Waals surface area (Å²) in [5.41, 5.74) is 0.594. The highest BCUT2D eigenvalue weighted by Gasteiger charge is 2.22. The molecule has 2 aromatic rings. The van der Waals surface area contributed by atoms with E-state index in [0.717, 1.165) is 0 Å². The number of aromatic nitrogens is 2. The number of aryl methyl sites for hydroxylation is 1. The zero-order valence-corrected chi connectivity index (χ0v) is 13.8. The van der Waals surface area contributed by atoms with Crippen LogP contribution in [0.25, 0.3) is 0 Å². The van der Waals surface area contributed by atoms with Crippen LogP contribution in [0.1, 0.15) is 29.8 Å². The molecule has 23 heavy (non-hydrogen) atoms. The third kappa shape index (κ3) is 3.47. The first-order valence-corrected chi connectivity index (χ1v) is 7.72. The quantitative estimate of drug-likeness (QED) is 0.901. The molecule has 2 rings (SSSR count). The molecular formula is C15H16N4O3S. The van der Waals surface area contributed by atoms with Gasteiger partial charge in [0, 0.05) is 29.9 Å². The van der Waals surface area contributed by atoms with Crippen molar-refractivity contribution < 1.29 is 9.53 Å². The number of nitrogens with zero attached hydrogens (tertiary/aromatic N) is 3. The molecule has 2 aromatic heterocycles. The summed E-state index contributed by atoms with van der Waals surface area (Å²) in [4.78, 5) is 28.9. The maximum absolute atomic E-state index is 12.6. The van der Waals surface area contributed by atoms with Crippen LogP contribution in [0.3, 0.4) is 0 Å². The molecule has 1 atom stereocenters. The van der Waals surface area contributed by atoms with Crippen molar-refractivity contribution >= 4 is 22.4 Å². The maximum Gasteiger partial charge on any atom is 0.269 e. The lowest BCUT2D eigenvalue weighted by atomic mass is 10.1. The molecule has 0 saturated carbocycles. The van der Waals surface area contributed by atoms with E-state index in [1.165, 1.54) is 23.0 Å². The number of amides is 1. The molecule has 0 aliphatic rings. The number of pyridine rings is 1. The Morgan fingerprint density at radius 3 is 2.91 bits per heavy atom. The van der Waals surface area contributed by atoms with Gasteiger partial charge in [0.15, 0.2) is 5.13 Å². The van der Waals surface area contributed by atoms with Crippen molar-refractivity contribution in [3.05, 3.63) is 44.8 Å². The van der Waals surface area contributed by atoms with Gasteiger partial charge >= 0.3 is 0 Å². The first-order chi connectivity index (χ1) is 11.0. The highest BCUT2D eigenvalue weighted by atomic mass is 32.1. The number of ether oxygens (including phenoxy) is 1. The van der Waals surface area contributed by atoms with Gasteiger partial charge in [-0.15, -0.1) is 11.3 Å². The van der Waals surface area contributed by atoms with E-state index in [1.54, 1.807) is 31.5 Å². The maximum atomic E-state index is 12.6. The highest BCUT2D eigenvalue weighted by molar-refractivity contribution is 7.13. The van der Waals surface area contributed by atoms with E-state index < -0.39 is 11.6 Å². The first-order valence-electron chi connectivity index (χ1n) is 6.84. The molecule has 1 N–H and O–H groups in total. The largest absolute Gasteiger partial charge is 0.380 e. The minimum absolute atomic E-state index is 0.00801. The molecule has 8 heteroatoms. The summed E-state index contributed by atoms with van der Waals surface area (Å²) in [6.45, 7) is 3.49. The average molecular weight is 332 g/mol. The number of rotatable bonds is 5. The van der Waals surface area contributed by atoms with Crippen LogP contribution in [-0.2, 0) is 16.1 Å². The molecule has 0 aliphatic heterocycles. The third-order valence-electron chi connectivity index (χ3n) is 3.36. The zero-order valence-electron chi connectivity index (χ0n) is 13.0. The fourth-order valence-electron chi connectivity index (χ4n) is 2.29. The molecular weight excluding hydrogens is 316 g/mol. The summed E-state index contributed by atoms with van der Waals surface area (Å²) in [6.07, 6.45) is 1.58. The Bertz CT molecular complexity index is 805. The van der Waals surface area contributed by atoms with Gasteiger partial charge in [0.05, 0.1) is 6.61 Å². The number of nitriles is 1. The molecule has 0 aliphatic carbocycles. The Labute approximate surface area is 137 Å². The SMILES string of the molecule is COCc1cc(C)n([C@H](C)C(=O)Nc2nccs2)c(=O)c1C#N. The first kappa shape index (κ1) is 16.9. The second-order valence-electron chi connectivity index (χ2n) is 4.91. The number of hydrogen-bond acceptors (Lipinski definition) is 6. The lowest BCUT2D eigenvalue weighted by Crippen LogP contribution is -2.35. The predicted octanol–water partition coefficient (Wildman–Crippen LogP) is 1.83. The molecule has 0 bridgehead atoms. The molecule has 120 valence electrons. The summed E-state index contributed by atoms with van der Waals surface area (Å²) in [7, 11) is 1.49. The summed E-state index contributed by atoms with van der Waals surface area (Å²) in [6, 6.07) is 2.82. The standard InChI is InChI=1S/C15H16N4O3S/c1-9-6-11(8-22-3)12(7-16)14(21)19(9)10(2)13(20)18-15-17-4-5-23-15/h4-6,10H,8H2,1-3H3,(H,17,18,20)/t10-/m1/s1. The van der Waals surface area contributed by atoms with Crippen molar-refractivity contribution in [3.63, 3.8) is 0 Å². The smallest absolute Gasteiger partial charge is 0.269 e. The Morgan fingerprint density at radius 2 is 2.35 bits per heavy atom. The van der Waals surface area contributed by atoms with Crippen LogP contribution in [0.4, 0.5) is 5.13 Å². The number of anilines is 1. The summed E-state index contributed by atoms with van der Waals surface area (Å²) in [5, 5.41) is 14.1. The fraction of sp³-hybridized carbons (Fsp3) is 0.333. The van der Waals surface area contributed by atoms with Crippen molar-refractivity contribution in [2.75, 3.05) is 12.4 Å². The number of hydrogen-bond donors (Lipinski definition) is 1. The van der Waals surface area contributed by atoms with Gasteiger partial charge in [0.25, 0.3) is 5.56 Å². The van der Waals surface area contributed by atoms with Crippen LogP contribution >= 0.6 is 11.3 Å². The van der Waals surface area contributed by atoms with E-state index in [9.17, 15) is 14.9 Å². The average Bonchev–Trinajstić information content (AvgIpc) is 3.00. The van der Waals surface area contributed by atoms with E-state index in [0.29, 0.717) is 16.4 Å². The van der Waals surface area contributed by atoms with E-state index in [2.05, 4.69) is 10.3 Å². The van der Waals surface area contributed by atoms with Gasteiger partial charge < -0.3 is 10.1 Å². The molecule has 7 nitrogen and oxygen atoms in total. The van der Waals surface area contributed by atoms with Gasteiger partial charge in [-0.05, 0) is 19.9 Å². The molecule has 0 fully saturated rings. The fourth-order valence-corrected chi connectivity index (χ4v) is 2.83. The van der Waals surface area contributed by atoms with Crippen molar-refractivity contribution in [1.82, 2.24) is 9.55 Å². The highest BCUT2D eigenvalue weighted by Crippen LogP contribution is 2.16. The minimum Gasteiger partial charge on any atom is -0.380 e. The topological polar surface area (TPSA) is 97.0 Å². The zero-order chi connectivity index (χ0) is 17.0. The molecule has 0 aromatic carbocycles. The molecule has 0 radical (unpaired) electrons.